The molecule has 0 saturated carbocycles. The molecule has 0 bridgehead atoms. The lowest BCUT2D eigenvalue weighted by molar-refractivity contribution is 0.401. The Morgan fingerprint density at radius 1 is 1.04 bits per heavy atom. The Labute approximate surface area is 141 Å². The fourth-order valence-corrected chi connectivity index (χ4v) is 3.07. The minimum Gasteiger partial charge on any atom is -0.325 e. The number of nitrogens with zero attached hydrogens (tertiary/aromatic N) is 3. The van der Waals surface area contributed by atoms with Gasteiger partial charge in [0.15, 0.2) is 5.82 Å². The molecule has 0 saturated heterocycles. The molecule has 0 fully saturated rings. The van der Waals surface area contributed by atoms with Crippen molar-refractivity contribution in [2.24, 2.45) is 0 Å². The predicted molar refractivity (Wildman–Crippen MR) is 95.5 cm³/mol. The van der Waals surface area contributed by atoms with Gasteiger partial charge in [-0.3, -0.25) is 0 Å². The lowest BCUT2D eigenvalue weighted by Crippen LogP contribution is -2.21. The van der Waals surface area contributed by atoms with Crippen molar-refractivity contribution in [3.8, 4) is 22.5 Å². The summed E-state index contributed by atoms with van der Waals surface area (Å²) in [7, 11) is 0. The Hall–Kier alpha value is -2.38. The highest BCUT2D eigenvalue weighted by atomic mass is 32.1. The average molecular weight is 321 g/mol. The molecule has 3 aromatic heterocycles. The predicted octanol–water partition coefficient (Wildman–Crippen LogP) is 4.47. The summed E-state index contributed by atoms with van der Waals surface area (Å²) in [5, 5.41) is 0. The largest absolute Gasteiger partial charge is 0.325 e. The van der Waals surface area contributed by atoms with E-state index >= 15 is 0 Å². The van der Waals surface area contributed by atoms with Crippen molar-refractivity contribution in [1.82, 2.24) is 14.5 Å². The van der Waals surface area contributed by atoms with E-state index < -0.39 is 0 Å². The van der Waals surface area contributed by atoms with Crippen molar-refractivity contribution in [3.63, 3.8) is 0 Å². The molecule has 3 aromatic rings. The summed E-state index contributed by atoms with van der Waals surface area (Å²) in [6.45, 7) is 8.55. The summed E-state index contributed by atoms with van der Waals surface area (Å²) in [4.78, 5) is 11.0. The van der Waals surface area contributed by atoms with Crippen LogP contribution in [0.3, 0.4) is 0 Å². The van der Waals surface area contributed by atoms with Crippen LogP contribution in [-0.2, 0) is 5.54 Å². The molecule has 0 amide bonds. The second kappa shape index (κ2) is 6.02. The van der Waals surface area contributed by atoms with Crippen LogP contribution in [0.1, 0.15) is 36.9 Å². The number of aromatic nitrogens is 3. The van der Waals surface area contributed by atoms with Crippen LogP contribution < -0.4 is 0 Å². The molecule has 0 spiro atoms. The number of rotatable bonds is 1. The maximum Gasteiger partial charge on any atom is 0.150 e. The zero-order valence-corrected chi connectivity index (χ0v) is 14.6. The average Bonchev–Trinajstić information content (AvgIpc) is 3.15. The molecule has 3 nitrogen and oxygen atoms in total. The van der Waals surface area contributed by atoms with Crippen LogP contribution >= 0.6 is 11.3 Å². The zero-order chi connectivity index (χ0) is 16.4. The van der Waals surface area contributed by atoms with Crippen molar-refractivity contribution < 1.29 is 0 Å². The van der Waals surface area contributed by atoms with Gasteiger partial charge in [-0.15, -0.1) is 11.3 Å². The van der Waals surface area contributed by atoms with E-state index in [0.29, 0.717) is 0 Å². The molecule has 0 aliphatic carbocycles. The Morgan fingerprint density at radius 2 is 1.87 bits per heavy atom. The Morgan fingerprint density at radius 3 is 2.57 bits per heavy atom. The van der Waals surface area contributed by atoms with E-state index in [0.717, 1.165) is 26.8 Å². The van der Waals surface area contributed by atoms with Gasteiger partial charge >= 0.3 is 0 Å². The number of imidazole rings is 1. The second-order valence-electron chi connectivity index (χ2n) is 6.43. The van der Waals surface area contributed by atoms with Crippen LogP contribution in [0.25, 0.3) is 10.7 Å². The van der Waals surface area contributed by atoms with E-state index in [1.54, 1.807) is 11.3 Å². The molecule has 23 heavy (non-hydrogen) atoms. The Balaban J connectivity index is 1.88. The van der Waals surface area contributed by atoms with Gasteiger partial charge in [0.2, 0.25) is 0 Å². The monoisotopic (exact) mass is 321 g/mol. The first-order valence-electron chi connectivity index (χ1n) is 7.52. The van der Waals surface area contributed by atoms with E-state index in [4.69, 9.17) is 0 Å². The van der Waals surface area contributed by atoms with Crippen molar-refractivity contribution in [3.05, 3.63) is 59.0 Å². The van der Waals surface area contributed by atoms with E-state index in [1.807, 2.05) is 43.7 Å². The SMILES string of the molecule is Cc1ccc(C#Cc2ccc(-c3nccn3C(C)(C)C)s2)nc1. The van der Waals surface area contributed by atoms with E-state index in [-0.39, 0.29) is 5.54 Å². The number of aryl methyl sites for hydroxylation is 1. The Kier molecular flexibility index (Phi) is 4.06. The molecule has 116 valence electrons. The summed E-state index contributed by atoms with van der Waals surface area (Å²) in [6, 6.07) is 8.10. The zero-order valence-electron chi connectivity index (χ0n) is 13.8. The maximum atomic E-state index is 4.51. The standard InChI is InChI=1S/C19H19N3S/c1-14-5-6-15(21-13-14)7-8-16-9-10-17(23-16)18-20-11-12-22(18)19(2,3)4/h5-6,9-13H,1-4H3. The molecular formula is C19H19N3S. The van der Waals surface area contributed by atoms with Crippen molar-refractivity contribution in [1.29, 1.82) is 0 Å². The number of hydrogen-bond donors (Lipinski definition) is 0. The minimum atomic E-state index is 0.00742. The van der Waals surface area contributed by atoms with Gasteiger partial charge in [-0.2, -0.15) is 0 Å². The van der Waals surface area contributed by atoms with Crippen LogP contribution in [0.4, 0.5) is 0 Å². The second-order valence-corrected chi connectivity index (χ2v) is 7.51. The van der Waals surface area contributed by atoms with Crippen LogP contribution in [0.5, 0.6) is 0 Å². The molecule has 3 heterocycles. The third-order valence-electron chi connectivity index (χ3n) is 3.41. The van der Waals surface area contributed by atoms with E-state index in [9.17, 15) is 0 Å². The smallest absolute Gasteiger partial charge is 0.150 e. The van der Waals surface area contributed by atoms with Crippen molar-refractivity contribution >= 4 is 11.3 Å². The highest BCUT2D eigenvalue weighted by Gasteiger charge is 2.18. The van der Waals surface area contributed by atoms with Crippen LogP contribution in [0.15, 0.2) is 42.9 Å². The molecular weight excluding hydrogens is 302 g/mol. The van der Waals surface area contributed by atoms with E-state index in [1.165, 1.54) is 0 Å². The van der Waals surface area contributed by atoms with Crippen molar-refractivity contribution in [2.45, 2.75) is 33.2 Å². The number of thiophene rings is 1. The summed E-state index contributed by atoms with van der Waals surface area (Å²) in [5.41, 5.74) is 1.94. The first kappa shape index (κ1) is 15.5. The normalized spacial score (nSPS) is 11.1. The molecule has 0 N–H and O–H groups in total. The Bertz CT molecular complexity index is 868. The molecule has 0 aromatic carbocycles. The van der Waals surface area contributed by atoms with Gasteiger partial charge < -0.3 is 4.57 Å². The molecule has 3 rings (SSSR count). The van der Waals surface area contributed by atoms with Crippen molar-refractivity contribution in [2.75, 3.05) is 0 Å². The molecule has 0 unspecified atom stereocenters. The van der Waals surface area contributed by atoms with Gasteiger partial charge in [-0.25, -0.2) is 9.97 Å². The summed E-state index contributed by atoms with van der Waals surface area (Å²) in [5.74, 6) is 7.29. The van der Waals surface area contributed by atoms with Crippen LogP contribution in [0.2, 0.25) is 0 Å². The fraction of sp³-hybridized carbons (Fsp3) is 0.263. The lowest BCUT2D eigenvalue weighted by atomic mass is 10.1. The van der Waals surface area contributed by atoms with Gasteiger partial charge in [0.1, 0.15) is 5.69 Å². The molecule has 4 heteroatoms. The highest BCUT2D eigenvalue weighted by Crippen LogP contribution is 2.29. The molecule has 0 aliphatic heterocycles. The number of pyridine rings is 1. The maximum absolute atomic E-state index is 4.51. The van der Waals surface area contributed by atoms with Gasteiger partial charge in [0.25, 0.3) is 0 Å². The number of hydrogen-bond acceptors (Lipinski definition) is 3. The molecule has 0 atom stereocenters. The van der Waals surface area contributed by atoms with Gasteiger partial charge in [-0.1, -0.05) is 6.07 Å². The minimum absolute atomic E-state index is 0.00742. The third-order valence-corrected chi connectivity index (χ3v) is 4.41. The fourth-order valence-electron chi connectivity index (χ4n) is 2.22. The summed E-state index contributed by atoms with van der Waals surface area (Å²) >= 11 is 1.66. The topological polar surface area (TPSA) is 30.7 Å². The lowest BCUT2D eigenvalue weighted by Gasteiger charge is -2.22. The van der Waals surface area contributed by atoms with Crippen LogP contribution in [-0.4, -0.2) is 14.5 Å². The summed E-state index contributed by atoms with van der Waals surface area (Å²) < 4.78 is 2.19. The highest BCUT2D eigenvalue weighted by molar-refractivity contribution is 7.15. The van der Waals surface area contributed by atoms with Gasteiger partial charge in [0, 0.05) is 24.1 Å². The third kappa shape index (κ3) is 3.52. The van der Waals surface area contributed by atoms with Gasteiger partial charge in [0.05, 0.1) is 9.75 Å². The van der Waals surface area contributed by atoms with E-state index in [2.05, 4.69) is 53.2 Å². The van der Waals surface area contributed by atoms with Gasteiger partial charge in [-0.05, 0) is 63.3 Å². The summed E-state index contributed by atoms with van der Waals surface area (Å²) in [6.07, 6.45) is 5.71. The molecule has 0 radical (unpaired) electrons. The first-order chi connectivity index (χ1) is 10.9. The quantitative estimate of drug-likeness (QED) is 0.619. The van der Waals surface area contributed by atoms with Crippen LogP contribution in [0, 0.1) is 18.8 Å². The first-order valence-corrected chi connectivity index (χ1v) is 8.34. The molecule has 0 aliphatic rings.